The molecule has 186 valence electrons. The van der Waals surface area contributed by atoms with Crippen molar-refractivity contribution in [3.05, 3.63) is 71.4 Å². The summed E-state index contributed by atoms with van der Waals surface area (Å²) in [6.07, 6.45) is 2.85. The summed E-state index contributed by atoms with van der Waals surface area (Å²) in [6, 6.07) is 18.7. The fraction of sp³-hybridized carbons (Fsp3) is 0.414. The molecule has 0 unspecified atom stereocenters. The maximum atomic E-state index is 12.5. The molecule has 0 spiro atoms. The van der Waals surface area contributed by atoms with Crippen LogP contribution in [0.3, 0.4) is 0 Å². The van der Waals surface area contributed by atoms with Gasteiger partial charge in [-0.2, -0.15) is 0 Å². The summed E-state index contributed by atoms with van der Waals surface area (Å²) in [5, 5.41) is 0. The number of aromatic nitrogens is 1. The minimum Gasteiger partial charge on any atom is -0.497 e. The molecular formula is C29H38N4O2. The van der Waals surface area contributed by atoms with E-state index < -0.39 is 0 Å². The zero-order valence-electron chi connectivity index (χ0n) is 21.3. The number of amides is 1. The number of piperazine rings is 1. The Morgan fingerprint density at radius 1 is 0.971 bits per heavy atom. The van der Waals surface area contributed by atoms with Gasteiger partial charge in [0.05, 0.1) is 18.4 Å². The number of nitrogens with two attached hydrogens (primary N) is 1. The molecule has 0 atom stereocenters. The lowest BCUT2D eigenvalue weighted by Gasteiger charge is -2.36. The third-order valence-electron chi connectivity index (χ3n) is 7.08. The van der Waals surface area contributed by atoms with Crippen molar-refractivity contribution in [3.8, 4) is 17.0 Å². The Morgan fingerprint density at radius 2 is 1.66 bits per heavy atom. The van der Waals surface area contributed by atoms with Gasteiger partial charge >= 0.3 is 0 Å². The number of rotatable bonds is 10. The molecule has 1 amide bonds. The number of carbonyl (C=O) groups excluding carboxylic acids is 1. The minimum atomic E-state index is -0.322. The lowest BCUT2D eigenvalue weighted by molar-refractivity contribution is 0.0998. The van der Waals surface area contributed by atoms with Crippen molar-refractivity contribution in [2.24, 2.45) is 5.73 Å². The van der Waals surface area contributed by atoms with E-state index in [1.807, 2.05) is 25.1 Å². The molecule has 1 aliphatic heterocycles. The molecule has 3 aromatic rings. The Kier molecular flexibility index (Phi) is 8.13. The van der Waals surface area contributed by atoms with E-state index in [-0.39, 0.29) is 5.91 Å². The number of hydrogen-bond donors (Lipinski definition) is 1. The van der Waals surface area contributed by atoms with Gasteiger partial charge in [0.2, 0.25) is 0 Å². The van der Waals surface area contributed by atoms with Crippen LogP contribution in [0.25, 0.3) is 11.3 Å². The molecule has 6 nitrogen and oxygen atoms in total. The van der Waals surface area contributed by atoms with Crippen molar-refractivity contribution in [2.75, 3.05) is 44.7 Å². The summed E-state index contributed by atoms with van der Waals surface area (Å²) in [5.74, 6) is 0.568. The van der Waals surface area contributed by atoms with Crippen molar-refractivity contribution in [3.63, 3.8) is 0 Å². The van der Waals surface area contributed by atoms with Crippen LogP contribution in [-0.4, -0.2) is 55.2 Å². The van der Waals surface area contributed by atoms with Crippen molar-refractivity contribution in [2.45, 2.75) is 39.7 Å². The summed E-state index contributed by atoms with van der Waals surface area (Å²) in [5.41, 5.74) is 12.3. The first kappa shape index (κ1) is 24.9. The largest absolute Gasteiger partial charge is 0.497 e. The third kappa shape index (κ3) is 5.54. The highest BCUT2D eigenvalue weighted by Gasteiger charge is 2.24. The average Bonchev–Trinajstić information content (AvgIpc) is 3.16. The zero-order chi connectivity index (χ0) is 24.8. The molecule has 6 heteroatoms. The van der Waals surface area contributed by atoms with Gasteiger partial charge < -0.3 is 19.9 Å². The van der Waals surface area contributed by atoms with Crippen LogP contribution < -0.4 is 15.4 Å². The van der Waals surface area contributed by atoms with Crippen LogP contribution in [0.4, 0.5) is 5.69 Å². The van der Waals surface area contributed by atoms with E-state index in [1.54, 1.807) is 7.11 Å². The summed E-state index contributed by atoms with van der Waals surface area (Å²) < 4.78 is 7.57. The van der Waals surface area contributed by atoms with E-state index in [0.717, 1.165) is 86.8 Å². The molecule has 0 saturated carbocycles. The van der Waals surface area contributed by atoms with Gasteiger partial charge in [-0.3, -0.25) is 9.69 Å². The smallest absolute Gasteiger partial charge is 0.250 e. The lowest BCUT2D eigenvalue weighted by Crippen LogP contribution is -2.46. The second-order valence-corrected chi connectivity index (χ2v) is 9.30. The van der Waals surface area contributed by atoms with Crippen LogP contribution in [-0.2, 0) is 13.0 Å². The fourth-order valence-corrected chi connectivity index (χ4v) is 5.30. The normalized spacial score (nSPS) is 14.3. The number of methoxy groups -OCH3 is 1. The predicted octanol–water partition coefficient (Wildman–Crippen LogP) is 4.74. The molecule has 0 bridgehead atoms. The molecule has 0 aliphatic carbocycles. The quantitative estimate of drug-likeness (QED) is 0.461. The summed E-state index contributed by atoms with van der Waals surface area (Å²) >= 11 is 0. The van der Waals surface area contributed by atoms with Crippen molar-refractivity contribution in [1.82, 2.24) is 9.47 Å². The highest BCUT2D eigenvalue weighted by Crippen LogP contribution is 2.33. The van der Waals surface area contributed by atoms with Gasteiger partial charge in [-0.25, -0.2) is 0 Å². The maximum absolute atomic E-state index is 12.5. The molecular weight excluding hydrogens is 436 g/mol. The topological polar surface area (TPSA) is 63.7 Å². The minimum absolute atomic E-state index is 0.322. The molecule has 2 aromatic carbocycles. The zero-order valence-corrected chi connectivity index (χ0v) is 21.3. The first-order valence-electron chi connectivity index (χ1n) is 12.7. The van der Waals surface area contributed by atoms with Crippen LogP contribution in [0, 0.1) is 6.92 Å². The van der Waals surface area contributed by atoms with Gasteiger partial charge in [-0.1, -0.05) is 37.3 Å². The Hall–Kier alpha value is -3.25. The highest BCUT2D eigenvalue weighted by molar-refractivity contribution is 5.98. The first-order valence-corrected chi connectivity index (χ1v) is 12.7. The number of anilines is 1. The van der Waals surface area contributed by atoms with Gasteiger partial charge in [-0.05, 0) is 68.1 Å². The van der Waals surface area contributed by atoms with E-state index in [0.29, 0.717) is 5.56 Å². The van der Waals surface area contributed by atoms with E-state index in [2.05, 4.69) is 57.7 Å². The van der Waals surface area contributed by atoms with Crippen molar-refractivity contribution in [1.29, 1.82) is 0 Å². The maximum Gasteiger partial charge on any atom is 0.250 e. The number of nitrogens with zero attached hydrogens (tertiary/aromatic N) is 3. The highest BCUT2D eigenvalue weighted by atomic mass is 16.5. The Balaban J connectivity index is 1.44. The van der Waals surface area contributed by atoms with E-state index in [1.165, 1.54) is 5.69 Å². The van der Waals surface area contributed by atoms with Crippen molar-refractivity contribution < 1.29 is 9.53 Å². The Morgan fingerprint density at radius 3 is 2.26 bits per heavy atom. The molecule has 2 heterocycles. The van der Waals surface area contributed by atoms with E-state index in [9.17, 15) is 4.79 Å². The molecule has 0 radical (unpaired) electrons. The van der Waals surface area contributed by atoms with Crippen LogP contribution >= 0.6 is 0 Å². The fourth-order valence-electron chi connectivity index (χ4n) is 5.30. The Bertz CT molecular complexity index is 1110. The number of carbonyl (C=O) groups is 1. The van der Waals surface area contributed by atoms with Crippen LogP contribution in [0.15, 0.2) is 54.6 Å². The first-order chi connectivity index (χ1) is 17.0. The molecule has 1 aromatic heterocycles. The summed E-state index contributed by atoms with van der Waals surface area (Å²) in [7, 11) is 1.70. The molecule has 1 fully saturated rings. The van der Waals surface area contributed by atoms with E-state index in [4.69, 9.17) is 10.5 Å². The predicted molar refractivity (Wildman–Crippen MR) is 143 cm³/mol. The molecule has 2 N–H and O–H groups in total. The van der Waals surface area contributed by atoms with Gasteiger partial charge in [0.1, 0.15) is 5.75 Å². The number of primary amides is 1. The summed E-state index contributed by atoms with van der Waals surface area (Å²) in [4.78, 5) is 17.5. The van der Waals surface area contributed by atoms with Crippen LogP contribution in [0.1, 0.15) is 41.4 Å². The summed E-state index contributed by atoms with van der Waals surface area (Å²) in [6.45, 7) is 10.2. The SMILES string of the molecule is CCCn1c(C)c(C(N)=O)c(CCCN2CCN(c3ccc(OC)cc3)CC2)c1-c1ccccc1. The van der Waals surface area contributed by atoms with Crippen LogP contribution in [0.2, 0.25) is 0 Å². The number of benzene rings is 2. The molecule has 35 heavy (non-hydrogen) atoms. The average molecular weight is 475 g/mol. The number of hydrogen-bond acceptors (Lipinski definition) is 4. The second kappa shape index (κ2) is 11.5. The number of ether oxygens (including phenoxy) is 1. The molecule has 1 aliphatic rings. The van der Waals surface area contributed by atoms with Gasteiger partial charge in [-0.15, -0.1) is 0 Å². The van der Waals surface area contributed by atoms with E-state index >= 15 is 0 Å². The molecule has 4 rings (SSSR count). The second-order valence-electron chi connectivity index (χ2n) is 9.30. The lowest BCUT2D eigenvalue weighted by atomic mass is 9.99. The van der Waals surface area contributed by atoms with Gasteiger partial charge in [0, 0.05) is 44.1 Å². The monoisotopic (exact) mass is 474 g/mol. The van der Waals surface area contributed by atoms with Gasteiger partial charge in [0.15, 0.2) is 0 Å². The third-order valence-corrected chi connectivity index (χ3v) is 7.08. The Labute approximate surface area is 209 Å². The van der Waals surface area contributed by atoms with Crippen LogP contribution in [0.5, 0.6) is 5.75 Å². The van der Waals surface area contributed by atoms with Gasteiger partial charge in [0.25, 0.3) is 5.91 Å². The van der Waals surface area contributed by atoms with Crippen molar-refractivity contribution >= 4 is 11.6 Å². The molecule has 1 saturated heterocycles. The standard InChI is InChI=1S/C29H38N4O2/c1-4-16-33-22(2)27(29(30)34)26(28(33)23-9-6-5-7-10-23)11-8-17-31-18-20-32(21-19-31)24-12-14-25(35-3)15-13-24/h5-7,9-10,12-15H,4,8,11,16-21H2,1-3H3,(H2,30,34).